The number of benzene rings is 2. The van der Waals surface area contributed by atoms with E-state index in [0.29, 0.717) is 10.2 Å². The van der Waals surface area contributed by atoms with Gasteiger partial charge in [0.2, 0.25) is 0 Å². The van der Waals surface area contributed by atoms with Crippen LogP contribution in [0, 0.1) is 0 Å². The molecule has 132 valence electrons. The summed E-state index contributed by atoms with van der Waals surface area (Å²) in [6.07, 6.45) is 1.48. The summed E-state index contributed by atoms with van der Waals surface area (Å²) >= 11 is 3.29. The number of pyridine rings is 1. The van der Waals surface area contributed by atoms with Gasteiger partial charge in [-0.1, -0.05) is 24.3 Å². The standard InChI is InChI=1S/C18H14BrN3O3S/c19-16-10-9-14(26(24,25)22-17-8-4-5-11-20-17)12-15(16)18(23)21-13-6-2-1-3-7-13/h1-12H,(H,20,22)(H,21,23). The van der Waals surface area contributed by atoms with E-state index in [4.69, 9.17) is 0 Å². The first-order valence-electron chi connectivity index (χ1n) is 7.55. The van der Waals surface area contributed by atoms with Crippen LogP contribution in [0.5, 0.6) is 0 Å². The zero-order chi connectivity index (χ0) is 18.6. The highest BCUT2D eigenvalue weighted by Gasteiger charge is 2.19. The maximum absolute atomic E-state index is 12.5. The molecule has 8 heteroatoms. The highest BCUT2D eigenvalue weighted by Crippen LogP contribution is 2.23. The van der Waals surface area contributed by atoms with Gasteiger partial charge in [0, 0.05) is 16.4 Å². The van der Waals surface area contributed by atoms with Crippen molar-refractivity contribution in [1.29, 1.82) is 0 Å². The number of sulfonamides is 1. The molecule has 0 saturated carbocycles. The molecule has 3 rings (SSSR count). The lowest BCUT2D eigenvalue weighted by molar-refractivity contribution is 0.102. The van der Waals surface area contributed by atoms with E-state index in [1.807, 2.05) is 6.07 Å². The minimum atomic E-state index is -3.87. The minimum absolute atomic E-state index is 0.0374. The van der Waals surface area contributed by atoms with Crippen molar-refractivity contribution in [2.45, 2.75) is 4.90 Å². The zero-order valence-corrected chi connectivity index (χ0v) is 15.8. The van der Waals surface area contributed by atoms with Gasteiger partial charge < -0.3 is 5.32 Å². The first-order valence-corrected chi connectivity index (χ1v) is 9.83. The Balaban J connectivity index is 1.88. The maximum Gasteiger partial charge on any atom is 0.263 e. The average molecular weight is 432 g/mol. The van der Waals surface area contributed by atoms with Crippen molar-refractivity contribution < 1.29 is 13.2 Å². The number of nitrogens with one attached hydrogen (secondary N) is 2. The Hall–Kier alpha value is -2.71. The van der Waals surface area contributed by atoms with Gasteiger partial charge in [-0.2, -0.15) is 0 Å². The molecule has 0 aliphatic heterocycles. The van der Waals surface area contributed by atoms with E-state index in [2.05, 4.69) is 31.0 Å². The van der Waals surface area contributed by atoms with Crippen LogP contribution < -0.4 is 10.0 Å². The molecule has 1 aromatic heterocycles. The molecular formula is C18H14BrN3O3S. The van der Waals surface area contributed by atoms with E-state index in [-0.39, 0.29) is 16.3 Å². The second-order valence-corrected chi connectivity index (χ2v) is 7.82. The fourth-order valence-corrected chi connectivity index (χ4v) is 3.65. The largest absolute Gasteiger partial charge is 0.322 e. The fraction of sp³-hybridized carbons (Fsp3) is 0. The minimum Gasteiger partial charge on any atom is -0.322 e. The molecule has 0 fully saturated rings. The average Bonchev–Trinajstić information content (AvgIpc) is 2.63. The normalized spacial score (nSPS) is 11.0. The third kappa shape index (κ3) is 4.27. The number of carbonyl (C=O) groups is 1. The molecular weight excluding hydrogens is 418 g/mol. The fourth-order valence-electron chi connectivity index (χ4n) is 2.19. The second kappa shape index (κ2) is 7.67. The molecule has 0 aliphatic carbocycles. The maximum atomic E-state index is 12.5. The molecule has 26 heavy (non-hydrogen) atoms. The van der Waals surface area contributed by atoms with Crippen molar-refractivity contribution in [3.05, 3.63) is 83.0 Å². The highest BCUT2D eigenvalue weighted by molar-refractivity contribution is 9.10. The first-order chi connectivity index (χ1) is 12.5. The van der Waals surface area contributed by atoms with Crippen LogP contribution in [-0.2, 0) is 10.0 Å². The van der Waals surface area contributed by atoms with E-state index < -0.39 is 15.9 Å². The number of carbonyl (C=O) groups excluding carboxylic acids is 1. The summed E-state index contributed by atoms with van der Waals surface area (Å²) in [7, 11) is -3.87. The van der Waals surface area contributed by atoms with Crippen molar-refractivity contribution in [2.24, 2.45) is 0 Å². The predicted octanol–water partition coefficient (Wildman–Crippen LogP) is 3.90. The highest BCUT2D eigenvalue weighted by atomic mass is 79.9. The molecule has 2 aromatic carbocycles. The Bertz CT molecular complexity index is 1030. The number of para-hydroxylation sites is 1. The van der Waals surface area contributed by atoms with Gasteiger partial charge in [0.25, 0.3) is 15.9 Å². The van der Waals surface area contributed by atoms with E-state index in [9.17, 15) is 13.2 Å². The quantitative estimate of drug-likeness (QED) is 0.640. The lowest BCUT2D eigenvalue weighted by Crippen LogP contribution is -2.17. The van der Waals surface area contributed by atoms with Gasteiger partial charge in [0.15, 0.2) is 0 Å². The number of hydrogen-bond donors (Lipinski definition) is 2. The van der Waals surface area contributed by atoms with Gasteiger partial charge in [-0.05, 0) is 58.4 Å². The number of nitrogens with zero attached hydrogens (tertiary/aromatic N) is 1. The second-order valence-electron chi connectivity index (χ2n) is 5.28. The van der Waals surface area contributed by atoms with Crippen LogP contribution in [0.4, 0.5) is 11.5 Å². The van der Waals surface area contributed by atoms with Gasteiger partial charge in [0.05, 0.1) is 10.5 Å². The third-order valence-corrected chi connectivity index (χ3v) is 5.47. The Morgan fingerprint density at radius 2 is 1.69 bits per heavy atom. The van der Waals surface area contributed by atoms with Gasteiger partial charge >= 0.3 is 0 Å². The summed E-state index contributed by atoms with van der Waals surface area (Å²) < 4.78 is 28.0. The Morgan fingerprint density at radius 3 is 2.38 bits per heavy atom. The van der Waals surface area contributed by atoms with Crippen molar-refractivity contribution in [1.82, 2.24) is 4.98 Å². The summed E-state index contributed by atoms with van der Waals surface area (Å²) in [5, 5.41) is 2.73. The van der Waals surface area contributed by atoms with E-state index in [1.54, 1.807) is 42.5 Å². The van der Waals surface area contributed by atoms with Gasteiger partial charge in [-0.15, -0.1) is 0 Å². The summed E-state index contributed by atoms with van der Waals surface area (Å²) in [5.74, 6) is -0.219. The zero-order valence-electron chi connectivity index (χ0n) is 13.4. The van der Waals surface area contributed by atoms with E-state index in [1.165, 1.54) is 24.4 Å². The molecule has 1 amide bonds. The summed E-state index contributed by atoms with van der Waals surface area (Å²) in [6.45, 7) is 0. The molecule has 0 aliphatic rings. The molecule has 0 bridgehead atoms. The van der Waals surface area contributed by atoms with Crippen LogP contribution in [0.3, 0.4) is 0 Å². The topological polar surface area (TPSA) is 88.2 Å². The summed E-state index contributed by atoms with van der Waals surface area (Å²) in [4.78, 5) is 16.4. The Kier molecular flexibility index (Phi) is 5.34. The molecule has 3 aromatic rings. The molecule has 0 saturated heterocycles. The van der Waals surface area contributed by atoms with Crippen LogP contribution in [0.1, 0.15) is 10.4 Å². The number of anilines is 2. The van der Waals surface area contributed by atoms with Gasteiger partial charge in [0.1, 0.15) is 5.82 Å². The molecule has 0 spiro atoms. The van der Waals surface area contributed by atoms with Crippen LogP contribution >= 0.6 is 15.9 Å². The van der Waals surface area contributed by atoms with Gasteiger partial charge in [-0.3, -0.25) is 9.52 Å². The van der Waals surface area contributed by atoms with Crippen molar-refractivity contribution in [3.8, 4) is 0 Å². The van der Waals surface area contributed by atoms with Crippen LogP contribution in [0.25, 0.3) is 0 Å². The molecule has 0 unspecified atom stereocenters. The number of hydrogen-bond acceptors (Lipinski definition) is 4. The van der Waals surface area contributed by atoms with Crippen molar-refractivity contribution in [3.63, 3.8) is 0 Å². The third-order valence-electron chi connectivity index (χ3n) is 3.43. The van der Waals surface area contributed by atoms with Crippen LogP contribution in [-0.4, -0.2) is 19.3 Å². The van der Waals surface area contributed by atoms with Crippen LogP contribution in [0.2, 0.25) is 0 Å². The lowest BCUT2D eigenvalue weighted by Gasteiger charge is -2.11. The number of aromatic nitrogens is 1. The lowest BCUT2D eigenvalue weighted by atomic mass is 10.2. The Labute approximate surface area is 159 Å². The van der Waals surface area contributed by atoms with Crippen LogP contribution in [0.15, 0.2) is 82.3 Å². The molecule has 0 atom stereocenters. The number of halogens is 1. The number of amides is 1. The monoisotopic (exact) mass is 431 g/mol. The first kappa shape index (κ1) is 18.1. The van der Waals surface area contributed by atoms with E-state index >= 15 is 0 Å². The summed E-state index contributed by atoms with van der Waals surface area (Å²) in [6, 6.07) is 18.1. The molecule has 0 radical (unpaired) electrons. The number of rotatable bonds is 5. The van der Waals surface area contributed by atoms with Crippen molar-refractivity contribution in [2.75, 3.05) is 10.0 Å². The Morgan fingerprint density at radius 1 is 0.962 bits per heavy atom. The van der Waals surface area contributed by atoms with Crippen molar-refractivity contribution >= 4 is 43.4 Å². The predicted molar refractivity (Wildman–Crippen MR) is 104 cm³/mol. The molecule has 2 N–H and O–H groups in total. The van der Waals surface area contributed by atoms with Gasteiger partial charge in [-0.25, -0.2) is 13.4 Å². The van der Waals surface area contributed by atoms with E-state index in [0.717, 1.165) is 0 Å². The molecule has 6 nitrogen and oxygen atoms in total. The molecule has 1 heterocycles. The SMILES string of the molecule is O=C(Nc1ccccc1)c1cc(S(=O)(=O)Nc2ccccn2)ccc1Br. The smallest absolute Gasteiger partial charge is 0.263 e. The summed E-state index contributed by atoms with van der Waals surface area (Å²) in [5.41, 5.74) is 0.821.